The first-order valence-corrected chi connectivity index (χ1v) is 10.1. The summed E-state index contributed by atoms with van der Waals surface area (Å²) < 4.78 is 39.2. The Hall–Kier alpha value is -3.51. The predicted molar refractivity (Wildman–Crippen MR) is 115 cm³/mol. The monoisotopic (exact) mass is 444 g/mol. The van der Waals surface area contributed by atoms with Crippen LogP contribution < -0.4 is 10.6 Å². The van der Waals surface area contributed by atoms with E-state index in [2.05, 4.69) is 22.5 Å². The molecular formula is C23H23F3N4O2. The van der Waals surface area contributed by atoms with Gasteiger partial charge in [-0.2, -0.15) is 13.2 Å². The Balaban J connectivity index is 1.41. The largest absolute Gasteiger partial charge is 0.418 e. The summed E-state index contributed by atoms with van der Waals surface area (Å²) in [5.74, 6) is 5.32. The number of para-hydroxylation sites is 1. The van der Waals surface area contributed by atoms with Crippen LogP contribution in [0.15, 0.2) is 54.6 Å². The molecule has 1 aliphatic rings. The number of urea groups is 1. The van der Waals surface area contributed by atoms with Crippen molar-refractivity contribution in [3.8, 4) is 11.8 Å². The highest BCUT2D eigenvalue weighted by molar-refractivity contribution is 5.93. The van der Waals surface area contributed by atoms with Gasteiger partial charge in [-0.05, 0) is 24.3 Å². The van der Waals surface area contributed by atoms with Crippen LogP contribution in [0.2, 0.25) is 0 Å². The van der Waals surface area contributed by atoms with Crippen LogP contribution >= 0.6 is 0 Å². The van der Waals surface area contributed by atoms with Gasteiger partial charge < -0.3 is 15.5 Å². The smallest absolute Gasteiger partial charge is 0.327 e. The molecule has 0 aliphatic carbocycles. The number of nitrogens with one attached hydrogen (secondary N) is 2. The second-order valence-electron chi connectivity index (χ2n) is 7.18. The van der Waals surface area contributed by atoms with E-state index in [1.807, 2.05) is 30.3 Å². The molecule has 2 aromatic carbocycles. The van der Waals surface area contributed by atoms with E-state index in [-0.39, 0.29) is 24.8 Å². The van der Waals surface area contributed by atoms with Crippen LogP contribution in [0.1, 0.15) is 11.1 Å². The molecule has 0 bridgehead atoms. The summed E-state index contributed by atoms with van der Waals surface area (Å²) in [6.07, 6.45) is -4.55. The number of carbonyl (C=O) groups is 2. The van der Waals surface area contributed by atoms with Gasteiger partial charge in [-0.3, -0.25) is 9.69 Å². The van der Waals surface area contributed by atoms with E-state index in [9.17, 15) is 22.8 Å². The summed E-state index contributed by atoms with van der Waals surface area (Å²) in [6.45, 7) is 1.86. The predicted octanol–water partition coefficient (Wildman–Crippen LogP) is 3.02. The summed E-state index contributed by atoms with van der Waals surface area (Å²) >= 11 is 0. The fourth-order valence-electron chi connectivity index (χ4n) is 3.24. The molecular weight excluding hydrogens is 421 g/mol. The van der Waals surface area contributed by atoms with Crippen LogP contribution in [-0.2, 0) is 11.0 Å². The minimum absolute atomic E-state index is 0.0514. The average Bonchev–Trinajstić information content (AvgIpc) is 2.77. The van der Waals surface area contributed by atoms with Crippen molar-refractivity contribution in [1.82, 2.24) is 15.1 Å². The number of amides is 3. The molecule has 1 saturated heterocycles. The van der Waals surface area contributed by atoms with Gasteiger partial charge >= 0.3 is 12.2 Å². The van der Waals surface area contributed by atoms with Gasteiger partial charge in [0.25, 0.3) is 0 Å². The second-order valence-corrected chi connectivity index (χ2v) is 7.18. The lowest BCUT2D eigenvalue weighted by Crippen LogP contribution is -2.53. The quantitative estimate of drug-likeness (QED) is 0.713. The van der Waals surface area contributed by atoms with Gasteiger partial charge in [-0.15, -0.1) is 0 Å². The van der Waals surface area contributed by atoms with Gasteiger partial charge in [-0.1, -0.05) is 42.2 Å². The van der Waals surface area contributed by atoms with E-state index in [1.165, 1.54) is 18.2 Å². The van der Waals surface area contributed by atoms with Crippen LogP contribution in [-0.4, -0.2) is 61.0 Å². The Bertz CT molecular complexity index is 992. The molecule has 1 heterocycles. The van der Waals surface area contributed by atoms with Gasteiger partial charge in [-0.25, -0.2) is 4.79 Å². The number of nitrogens with zero attached hydrogens (tertiary/aromatic N) is 2. The SMILES string of the molecule is O=C(CN1CCN(C(=O)NCC#Cc2ccccc2)CC1)Nc1ccccc1C(F)(F)F. The topological polar surface area (TPSA) is 64.7 Å². The summed E-state index contributed by atoms with van der Waals surface area (Å²) in [6, 6.07) is 14.1. The zero-order chi connectivity index (χ0) is 23.0. The molecule has 2 N–H and O–H groups in total. The maximum atomic E-state index is 13.1. The van der Waals surface area contributed by atoms with E-state index in [4.69, 9.17) is 0 Å². The molecule has 0 spiro atoms. The molecule has 0 saturated carbocycles. The lowest BCUT2D eigenvalue weighted by atomic mass is 10.1. The number of benzene rings is 2. The molecule has 3 amide bonds. The molecule has 0 unspecified atom stereocenters. The summed E-state index contributed by atoms with van der Waals surface area (Å²) in [4.78, 5) is 27.9. The molecule has 32 heavy (non-hydrogen) atoms. The van der Waals surface area contributed by atoms with E-state index >= 15 is 0 Å². The number of hydrogen-bond acceptors (Lipinski definition) is 3. The van der Waals surface area contributed by atoms with Gasteiger partial charge in [0.15, 0.2) is 0 Å². The minimum atomic E-state index is -4.55. The van der Waals surface area contributed by atoms with Gasteiger partial charge in [0.1, 0.15) is 0 Å². The lowest BCUT2D eigenvalue weighted by Gasteiger charge is -2.34. The van der Waals surface area contributed by atoms with Crippen molar-refractivity contribution in [2.75, 3.05) is 44.6 Å². The summed E-state index contributed by atoms with van der Waals surface area (Å²) in [7, 11) is 0. The van der Waals surface area contributed by atoms with Crippen molar-refractivity contribution in [2.24, 2.45) is 0 Å². The number of halogens is 3. The number of piperazine rings is 1. The van der Waals surface area contributed by atoms with Gasteiger partial charge in [0.2, 0.25) is 5.91 Å². The molecule has 3 rings (SSSR count). The number of carbonyl (C=O) groups excluding carboxylic acids is 2. The Morgan fingerprint density at radius 3 is 2.28 bits per heavy atom. The first-order valence-electron chi connectivity index (χ1n) is 10.1. The Morgan fingerprint density at radius 1 is 0.938 bits per heavy atom. The summed E-state index contributed by atoms with van der Waals surface area (Å²) in [5.41, 5.74) is -0.281. The van der Waals surface area contributed by atoms with Gasteiger partial charge in [0, 0.05) is 31.7 Å². The lowest BCUT2D eigenvalue weighted by molar-refractivity contribution is -0.137. The van der Waals surface area contributed by atoms with Crippen molar-refractivity contribution >= 4 is 17.6 Å². The maximum absolute atomic E-state index is 13.1. The first kappa shape index (κ1) is 23.2. The molecule has 6 nitrogen and oxygen atoms in total. The van der Waals surface area contributed by atoms with Crippen LogP contribution in [0.5, 0.6) is 0 Å². The fourth-order valence-corrected chi connectivity index (χ4v) is 3.24. The number of hydrogen-bond donors (Lipinski definition) is 2. The van der Waals surface area contributed by atoms with Crippen molar-refractivity contribution in [3.63, 3.8) is 0 Å². The van der Waals surface area contributed by atoms with Crippen LogP contribution in [0.25, 0.3) is 0 Å². The van der Waals surface area contributed by atoms with Crippen LogP contribution in [0, 0.1) is 11.8 Å². The van der Waals surface area contributed by atoms with E-state index in [0.29, 0.717) is 26.2 Å². The first-order chi connectivity index (χ1) is 15.3. The Morgan fingerprint density at radius 2 is 1.59 bits per heavy atom. The normalized spacial score (nSPS) is 14.3. The third-order valence-corrected chi connectivity index (χ3v) is 4.87. The number of rotatable bonds is 4. The van der Waals surface area contributed by atoms with Crippen molar-refractivity contribution in [2.45, 2.75) is 6.18 Å². The van der Waals surface area contributed by atoms with Crippen molar-refractivity contribution in [3.05, 3.63) is 65.7 Å². The minimum Gasteiger partial charge on any atom is -0.327 e. The Labute approximate surface area is 184 Å². The summed E-state index contributed by atoms with van der Waals surface area (Å²) in [5, 5.41) is 5.08. The zero-order valence-corrected chi connectivity index (χ0v) is 17.3. The molecule has 1 fully saturated rings. The van der Waals surface area contributed by atoms with E-state index in [0.717, 1.165) is 11.6 Å². The fraction of sp³-hybridized carbons (Fsp3) is 0.304. The maximum Gasteiger partial charge on any atom is 0.418 e. The average molecular weight is 444 g/mol. The number of alkyl halides is 3. The van der Waals surface area contributed by atoms with Crippen molar-refractivity contribution < 1.29 is 22.8 Å². The van der Waals surface area contributed by atoms with Crippen LogP contribution in [0.4, 0.5) is 23.7 Å². The standard InChI is InChI=1S/C23H23F3N4O2/c24-23(25,26)19-10-4-5-11-20(19)28-21(31)17-29-13-15-30(16-14-29)22(32)27-12-6-9-18-7-2-1-3-8-18/h1-5,7-8,10-11H,12-17H2,(H,27,32)(H,28,31). The molecule has 2 aromatic rings. The third kappa shape index (κ3) is 6.75. The molecule has 9 heteroatoms. The number of anilines is 1. The molecule has 0 atom stereocenters. The molecule has 0 aromatic heterocycles. The highest BCUT2D eigenvalue weighted by Gasteiger charge is 2.33. The third-order valence-electron chi connectivity index (χ3n) is 4.87. The highest BCUT2D eigenvalue weighted by Crippen LogP contribution is 2.34. The van der Waals surface area contributed by atoms with Gasteiger partial charge in [0.05, 0.1) is 24.3 Å². The molecule has 1 aliphatic heterocycles. The highest BCUT2D eigenvalue weighted by atomic mass is 19.4. The second kappa shape index (κ2) is 10.7. The van der Waals surface area contributed by atoms with Crippen LogP contribution in [0.3, 0.4) is 0 Å². The zero-order valence-electron chi connectivity index (χ0n) is 17.3. The Kier molecular flexibility index (Phi) is 7.73. The molecule has 168 valence electrons. The van der Waals surface area contributed by atoms with E-state index in [1.54, 1.807) is 9.80 Å². The van der Waals surface area contributed by atoms with E-state index < -0.39 is 17.6 Å². The molecule has 0 radical (unpaired) electrons. The van der Waals surface area contributed by atoms with Crippen molar-refractivity contribution in [1.29, 1.82) is 0 Å².